The maximum atomic E-state index is 11.0. The number of primary amides is 1. The lowest BCUT2D eigenvalue weighted by molar-refractivity contribution is -0.119. The fourth-order valence-electron chi connectivity index (χ4n) is 2.88. The van der Waals surface area contributed by atoms with Gasteiger partial charge in [-0.3, -0.25) is 9.69 Å². The normalized spacial score (nSPS) is 16.2. The van der Waals surface area contributed by atoms with Crippen LogP contribution >= 0.6 is 0 Å². The van der Waals surface area contributed by atoms with Crippen LogP contribution in [0.1, 0.15) is 30.9 Å². The number of hydrogen-bond acceptors (Lipinski definition) is 4. The Balaban J connectivity index is 1.90. The zero-order chi connectivity index (χ0) is 18.1. The summed E-state index contributed by atoms with van der Waals surface area (Å²) in [6.45, 7) is 5.36. The molecule has 7 nitrogen and oxygen atoms in total. The highest BCUT2D eigenvalue weighted by atomic mass is 16.1. The van der Waals surface area contributed by atoms with Crippen molar-refractivity contribution in [3.63, 3.8) is 0 Å². The lowest BCUT2D eigenvalue weighted by Gasteiger charge is -2.32. The molecule has 0 aromatic heterocycles. The third-order valence-corrected chi connectivity index (χ3v) is 4.13. The molecule has 1 amide bonds. The number of nitrogens with two attached hydrogens (primary N) is 1. The van der Waals surface area contributed by atoms with Gasteiger partial charge in [0, 0.05) is 25.7 Å². The van der Waals surface area contributed by atoms with E-state index in [0.29, 0.717) is 24.7 Å². The van der Waals surface area contributed by atoms with Crippen LogP contribution in [0.5, 0.6) is 0 Å². The van der Waals surface area contributed by atoms with Gasteiger partial charge in [0.1, 0.15) is 0 Å². The summed E-state index contributed by atoms with van der Waals surface area (Å²) in [5, 5.41) is 15.7. The summed E-state index contributed by atoms with van der Waals surface area (Å²) < 4.78 is 0. The Morgan fingerprint density at radius 2 is 2.20 bits per heavy atom. The number of benzene rings is 1. The summed E-state index contributed by atoms with van der Waals surface area (Å²) in [6, 6.07) is 9.96. The van der Waals surface area contributed by atoms with Crippen molar-refractivity contribution in [1.29, 1.82) is 5.26 Å². The largest absolute Gasteiger partial charge is 0.369 e. The molecular formula is C18H26N6O. The summed E-state index contributed by atoms with van der Waals surface area (Å²) >= 11 is 0. The minimum absolute atomic E-state index is 0.277. The molecule has 0 aliphatic carbocycles. The third-order valence-electron chi connectivity index (χ3n) is 4.13. The van der Waals surface area contributed by atoms with E-state index in [0.717, 1.165) is 44.0 Å². The molecule has 0 atom stereocenters. The summed E-state index contributed by atoms with van der Waals surface area (Å²) in [5.74, 6) is 0.499. The lowest BCUT2D eigenvalue weighted by Crippen LogP contribution is -2.49. The summed E-state index contributed by atoms with van der Waals surface area (Å²) in [5.41, 5.74) is 6.90. The van der Waals surface area contributed by atoms with Crippen LogP contribution in [0.2, 0.25) is 0 Å². The van der Waals surface area contributed by atoms with Gasteiger partial charge in [-0.05, 0) is 37.5 Å². The SMILES string of the molecule is CCNC(=NCc1cccc(C#N)c1)NC1CCN(CC(N)=O)CC1. The van der Waals surface area contributed by atoms with Gasteiger partial charge in [-0.2, -0.15) is 5.26 Å². The van der Waals surface area contributed by atoms with Gasteiger partial charge in [-0.1, -0.05) is 12.1 Å². The van der Waals surface area contributed by atoms with Crippen LogP contribution in [0.3, 0.4) is 0 Å². The highest BCUT2D eigenvalue weighted by Gasteiger charge is 2.20. The van der Waals surface area contributed by atoms with Crippen LogP contribution in [0.4, 0.5) is 0 Å². The molecule has 0 saturated carbocycles. The van der Waals surface area contributed by atoms with Gasteiger partial charge in [-0.15, -0.1) is 0 Å². The van der Waals surface area contributed by atoms with Crippen LogP contribution in [-0.2, 0) is 11.3 Å². The third kappa shape index (κ3) is 6.43. The van der Waals surface area contributed by atoms with E-state index in [2.05, 4.69) is 26.6 Å². The Morgan fingerprint density at radius 3 is 2.84 bits per heavy atom. The average molecular weight is 342 g/mol. The molecule has 0 unspecified atom stereocenters. The van der Waals surface area contributed by atoms with Crippen LogP contribution in [0.15, 0.2) is 29.3 Å². The number of piperidine rings is 1. The molecule has 1 aliphatic rings. The number of hydrogen-bond donors (Lipinski definition) is 3. The average Bonchev–Trinajstić information content (AvgIpc) is 2.61. The maximum Gasteiger partial charge on any atom is 0.231 e. The van der Waals surface area contributed by atoms with E-state index in [1.807, 2.05) is 25.1 Å². The van der Waals surface area contributed by atoms with E-state index < -0.39 is 0 Å². The molecule has 0 radical (unpaired) electrons. The second kappa shape index (κ2) is 9.64. The Morgan fingerprint density at radius 1 is 1.44 bits per heavy atom. The Hall–Kier alpha value is -2.59. The molecule has 7 heteroatoms. The van der Waals surface area contributed by atoms with E-state index in [-0.39, 0.29) is 5.91 Å². The molecule has 0 bridgehead atoms. The van der Waals surface area contributed by atoms with Gasteiger partial charge >= 0.3 is 0 Å². The predicted molar refractivity (Wildman–Crippen MR) is 97.8 cm³/mol. The topological polar surface area (TPSA) is 107 Å². The van der Waals surface area contributed by atoms with E-state index in [9.17, 15) is 4.79 Å². The van der Waals surface area contributed by atoms with E-state index >= 15 is 0 Å². The molecule has 2 rings (SSSR count). The van der Waals surface area contributed by atoms with Gasteiger partial charge in [0.15, 0.2) is 5.96 Å². The molecular weight excluding hydrogens is 316 g/mol. The smallest absolute Gasteiger partial charge is 0.231 e. The number of nitriles is 1. The van der Waals surface area contributed by atoms with E-state index in [1.54, 1.807) is 6.07 Å². The standard InChI is InChI=1S/C18H26N6O/c1-2-21-18(22-12-15-5-3-4-14(10-15)11-19)23-16-6-8-24(9-7-16)13-17(20)25/h3-5,10,16H,2,6-9,12-13H2,1H3,(H2,20,25)(H2,21,22,23). The van der Waals surface area contributed by atoms with Crippen molar-refractivity contribution >= 4 is 11.9 Å². The quantitative estimate of drug-likeness (QED) is 0.517. The molecule has 1 heterocycles. The molecule has 0 spiro atoms. The highest BCUT2D eigenvalue weighted by Crippen LogP contribution is 2.10. The van der Waals surface area contributed by atoms with Crippen molar-refractivity contribution in [2.45, 2.75) is 32.4 Å². The second-order valence-corrected chi connectivity index (χ2v) is 6.17. The number of nitrogens with zero attached hydrogens (tertiary/aromatic N) is 3. The fraction of sp³-hybridized carbons (Fsp3) is 0.500. The molecule has 25 heavy (non-hydrogen) atoms. The first-order chi connectivity index (χ1) is 12.1. The molecule has 1 aliphatic heterocycles. The van der Waals surface area contributed by atoms with Crippen LogP contribution < -0.4 is 16.4 Å². The van der Waals surface area contributed by atoms with Crippen molar-refractivity contribution in [3.8, 4) is 6.07 Å². The van der Waals surface area contributed by atoms with Crippen LogP contribution in [0, 0.1) is 11.3 Å². The highest BCUT2D eigenvalue weighted by molar-refractivity contribution is 5.80. The Kier molecular flexibility index (Phi) is 7.23. The van der Waals surface area contributed by atoms with Crippen LogP contribution in [-0.4, -0.2) is 49.0 Å². The van der Waals surface area contributed by atoms with E-state index in [4.69, 9.17) is 11.0 Å². The summed E-state index contributed by atoms with van der Waals surface area (Å²) in [4.78, 5) is 17.7. The number of amides is 1. The van der Waals surface area contributed by atoms with Gasteiger partial charge in [0.2, 0.25) is 5.91 Å². The Bertz CT molecular complexity index is 643. The minimum Gasteiger partial charge on any atom is -0.369 e. The minimum atomic E-state index is -0.277. The summed E-state index contributed by atoms with van der Waals surface area (Å²) in [6.07, 6.45) is 1.89. The molecule has 1 fully saturated rings. The monoisotopic (exact) mass is 342 g/mol. The van der Waals surface area contributed by atoms with Crippen LogP contribution in [0.25, 0.3) is 0 Å². The maximum absolute atomic E-state index is 11.0. The van der Waals surface area contributed by atoms with E-state index in [1.165, 1.54) is 0 Å². The van der Waals surface area contributed by atoms with Crippen molar-refractivity contribution in [2.75, 3.05) is 26.2 Å². The van der Waals surface area contributed by atoms with Crippen molar-refractivity contribution in [1.82, 2.24) is 15.5 Å². The molecule has 1 saturated heterocycles. The number of nitrogens with one attached hydrogen (secondary N) is 2. The van der Waals surface area contributed by atoms with Gasteiger partial charge in [0.05, 0.1) is 24.7 Å². The van der Waals surface area contributed by atoms with Crippen molar-refractivity contribution in [2.24, 2.45) is 10.7 Å². The zero-order valence-electron chi connectivity index (χ0n) is 14.7. The molecule has 1 aromatic rings. The first-order valence-corrected chi connectivity index (χ1v) is 8.65. The lowest BCUT2D eigenvalue weighted by atomic mass is 10.1. The number of rotatable bonds is 6. The predicted octanol–water partition coefficient (Wildman–Crippen LogP) is 0.563. The first kappa shape index (κ1) is 18.7. The van der Waals surface area contributed by atoms with Gasteiger partial charge in [0.25, 0.3) is 0 Å². The van der Waals surface area contributed by atoms with Crippen molar-refractivity contribution in [3.05, 3.63) is 35.4 Å². The first-order valence-electron chi connectivity index (χ1n) is 8.65. The van der Waals surface area contributed by atoms with Crippen molar-refractivity contribution < 1.29 is 4.79 Å². The molecule has 1 aromatic carbocycles. The number of likely N-dealkylation sites (tertiary alicyclic amines) is 1. The summed E-state index contributed by atoms with van der Waals surface area (Å²) in [7, 11) is 0. The molecule has 4 N–H and O–H groups in total. The second-order valence-electron chi connectivity index (χ2n) is 6.17. The molecule has 134 valence electrons. The Labute approximate surface area is 148 Å². The number of aliphatic imine (C=N–C) groups is 1. The number of guanidine groups is 1. The fourth-order valence-corrected chi connectivity index (χ4v) is 2.88. The van der Waals surface area contributed by atoms with Gasteiger partial charge < -0.3 is 16.4 Å². The number of carbonyl (C=O) groups excluding carboxylic acids is 1. The van der Waals surface area contributed by atoms with Gasteiger partial charge in [-0.25, -0.2) is 4.99 Å². The number of carbonyl (C=O) groups is 1. The zero-order valence-corrected chi connectivity index (χ0v) is 14.7.